The molecule has 0 amide bonds. The van der Waals surface area contributed by atoms with Gasteiger partial charge in [-0.15, -0.1) is 0 Å². The molecule has 6 heteroatoms. The van der Waals surface area contributed by atoms with Crippen molar-refractivity contribution in [2.24, 2.45) is 11.7 Å². The van der Waals surface area contributed by atoms with Gasteiger partial charge in [-0.25, -0.2) is 0 Å². The predicted molar refractivity (Wildman–Crippen MR) is 64.8 cm³/mol. The molecular formula is C12H20N4O2. The highest BCUT2D eigenvalue weighted by Crippen LogP contribution is 2.40. The van der Waals surface area contributed by atoms with Crippen LogP contribution in [0, 0.1) is 5.92 Å². The van der Waals surface area contributed by atoms with Crippen molar-refractivity contribution in [3.05, 3.63) is 11.9 Å². The van der Waals surface area contributed by atoms with E-state index in [1.165, 1.54) is 0 Å². The molecule has 3 rings (SSSR count). The Labute approximate surface area is 106 Å². The van der Waals surface area contributed by atoms with E-state index in [1.807, 2.05) is 0 Å². The fraction of sp³-hybridized carbons (Fsp3) is 0.833. The molecule has 3 heterocycles. The normalized spacial score (nSPS) is 29.3. The standard InChI is InChI=1S/C12H20N4O2/c13-11(10-8-14-16-15-10)9-1-4-18-12(7-9)2-5-17-6-3-12/h8-9,11H,1-7,13H2,(H,14,15,16). The van der Waals surface area contributed by atoms with E-state index in [-0.39, 0.29) is 11.6 Å². The molecule has 2 aliphatic heterocycles. The van der Waals surface area contributed by atoms with E-state index in [4.69, 9.17) is 15.2 Å². The van der Waals surface area contributed by atoms with E-state index in [1.54, 1.807) is 6.20 Å². The van der Waals surface area contributed by atoms with Crippen molar-refractivity contribution in [2.45, 2.75) is 37.3 Å². The number of rotatable bonds is 2. The van der Waals surface area contributed by atoms with Crippen LogP contribution in [0.4, 0.5) is 0 Å². The molecule has 2 atom stereocenters. The molecule has 100 valence electrons. The van der Waals surface area contributed by atoms with Gasteiger partial charge in [-0.05, 0) is 31.6 Å². The molecule has 0 aliphatic carbocycles. The van der Waals surface area contributed by atoms with Crippen LogP contribution in [0.15, 0.2) is 6.20 Å². The van der Waals surface area contributed by atoms with Crippen LogP contribution in [-0.4, -0.2) is 40.8 Å². The van der Waals surface area contributed by atoms with Crippen molar-refractivity contribution in [3.8, 4) is 0 Å². The number of hydrogen-bond donors (Lipinski definition) is 2. The Balaban J connectivity index is 1.70. The summed E-state index contributed by atoms with van der Waals surface area (Å²) in [6.07, 6.45) is 5.68. The largest absolute Gasteiger partial charge is 0.381 e. The van der Waals surface area contributed by atoms with Crippen molar-refractivity contribution >= 4 is 0 Å². The van der Waals surface area contributed by atoms with Gasteiger partial charge in [0.1, 0.15) is 0 Å². The summed E-state index contributed by atoms with van der Waals surface area (Å²) >= 11 is 0. The first-order valence-electron chi connectivity index (χ1n) is 6.62. The summed E-state index contributed by atoms with van der Waals surface area (Å²) in [6, 6.07) is -0.0487. The Hall–Kier alpha value is -0.980. The number of hydrogen-bond acceptors (Lipinski definition) is 5. The average Bonchev–Trinajstić information content (AvgIpc) is 2.93. The monoisotopic (exact) mass is 252 g/mol. The van der Waals surface area contributed by atoms with Gasteiger partial charge in [0.05, 0.1) is 23.5 Å². The Morgan fingerprint density at radius 3 is 2.94 bits per heavy atom. The fourth-order valence-electron chi connectivity index (χ4n) is 3.08. The van der Waals surface area contributed by atoms with Gasteiger partial charge in [0.15, 0.2) is 0 Å². The van der Waals surface area contributed by atoms with Gasteiger partial charge in [0.25, 0.3) is 0 Å². The van der Waals surface area contributed by atoms with Crippen LogP contribution < -0.4 is 5.73 Å². The van der Waals surface area contributed by atoms with Crippen LogP contribution in [-0.2, 0) is 9.47 Å². The molecule has 2 fully saturated rings. The summed E-state index contributed by atoms with van der Waals surface area (Å²) < 4.78 is 11.5. The maximum Gasteiger partial charge on any atom is 0.0994 e. The minimum absolute atomic E-state index is 0.0114. The lowest BCUT2D eigenvalue weighted by atomic mass is 9.77. The molecule has 0 aromatic carbocycles. The van der Waals surface area contributed by atoms with Crippen LogP contribution in [0.25, 0.3) is 0 Å². The van der Waals surface area contributed by atoms with Gasteiger partial charge in [-0.3, -0.25) is 0 Å². The summed E-state index contributed by atoms with van der Waals surface area (Å²) in [4.78, 5) is 0. The SMILES string of the molecule is NC(c1cn[nH]n1)C1CCOC2(CCOCC2)C1. The van der Waals surface area contributed by atoms with Crippen LogP contribution in [0.3, 0.4) is 0 Å². The average molecular weight is 252 g/mol. The van der Waals surface area contributed by atoms with Crippen molar-refractivity contribution in [3.63, 3.8) is 0 Å². The van der Waals surface area contributed by atoms with Crippen molar-refractivity contribution in [2.75, 3.05) is 19.8 Å². The molecule has 2 aliphatic rings. The van der Waals surface area contributed by atoms with Gasteiger partial charge in [0.2, 0.25) is 0 Å². The Kier molecular flexibility index (Phi) is 3.32. The highest BCUT2D eigenvalue weighted by atomic mass is 16.5. The van der Waals surface area contributed by atoms with Gasteiger partial charge in [-0.1, -0.05) is 0 Å². The van der Waals surface area contributed by atoms with Gasteiger partial charge in [0, 0.05) is 19.8 Å². The van der Waals surface area contributed by atoms with E-state index in [0.717, 1.165) is 51.2 Å². The zero-order chi connectivity index (χ0) is 12.4. The van der Waals surface area contributed by atoms with Gasteiger partial charge in [-0.2, -0.15) is 15.4 Å². The molecule has 0 radical (unpaired) electrons. The zero-order valence-corrected chi connectivity index (χ0v) is 10.5. The van der Waals surface area contributed by atoms with Gasteiger partial charge >= 0.3 is 0 Å². The molecule has 6 nitrogen and oxygen atoms in total. The van der Waals surface area contributed by atoms with E-state index >= 15 is 0 Å². The lowest BCUT2D eigenvalue weighted by molar-refractivity contribution is -0.149. The summed E-state index contributed by atoms with van der Waals surface area (Å²) in [7, 11) is 0. The number of ether oxygens (including phenoxy) is 2. The Morgan fingerprint density at radius 1 is 1.39 bits per heavy atom. The van der Waals surface area contributed by atoms with Crippen LogP contribution >= 0.6 is 0 Å². The minimum atomic E-state index is -0.0487. The molecule has 0 saturated carbocycles. The van der Waals surface area contributed by atoms with Crippen LogP contribution in [0.2, 0.25) is 0 Å². The van der Waals surface area contributed by atoms with E-state index in [2.05, 4.69) is 15.4 Å². The third kappa shape index (κ3) is 2.28. The third-order valence-corrected chi connectivity index (χ3v) is 4.22. The van der Waals surface area contributed by atoms with Crippen molar-refractivity contribution in [1.82, 2.24) is 15.4 Å². The summed E-state index contributed by atoms with van der Waals surface area (Å²) in [5, 5.41) is 10.6. The van der Waals surface area contributed by atoms with Crippen LogP contribution in [0.5, 0.6) is 0 Å². The summed E-state index contributed by atoms with van der Waals surface area (Å²) in [5.41, 5.74) is 7.13. The molecule has 1 spiro atoms. The quantitative estimate of drug-likeness (QED) is 0.812. The maximum absolute atomic E-state index is 6.29. The molecule has 1 aromatic rings. The number of aromatic nitrogens is 3. The first kappa shape index (κ1) is 12.1. The first-order valence-corrected chi connectivity index (χ1v) is 6.62. The lowest BCUT2D eigenvalue weighted by Gasteiger charge is -2.44. The lowest BCUT2D eigenvalue weighted by Crippen LogP contribution is -2.46. The minimum Gasteiger partial charge on any atom is -0.381 e. The number of nitrogens with two attached hydrogens (primary N) is 1. The van der Waals surface area contributed by atoms with E-state index in [0.29, 0.717) is 5.92 Å². The molecule has 3 N–H and O–H groups in total. The number of aromatic amines is 1. The second-order valence-corrected chi connectivity index (χ2v) is 5.32. The summed E-state index contributed by atoms with van der Waals surface area (Å²) in [6.45, 7) is 2.38. The van der Waals surface area contributed by atoms with E-state index < -0.39 is 0 Å². The molecule has 2 unspecified atom stereocenters. The second kappa shape index (κ2) is 4.95. The third-order valence-electron chi connectivity index (χ3n) is 4.22. The fourth-order valence-corrected chi connectivity index (χ4v) is 3.08. The molecule has 2 saturated heterocycles. The number of H-pyrrole nitrogens is 1. The predicted octanol–water partition coefficient (Wildman–Crippen LogP) is 0.780. The summed E-state index contributed by atoms with van der Waals surface area (Å²) in [5.74, 6) is 0.418. The van der Waals surface area contributed by atoms with Gasteiger partial charge < -0.3 is 15.2 Å². The number of nitrogens with one attached hydrogen (secondary N) is 1. The smallest absolute Gasteiger partial charge is 0.0994 e. The molecule has 0 bridgehead atoms. The van der Waals surface area contributed by atoms with Crippen molar-refractivity contribution in [1.29, 1.82) is 0 Å². The zero-order valence-electron chi connectivity index (χ0n) is 10.5. The maximum atomic E-state index is 6.29. The van der Waals surface area contributed by atoms with E-state index in [9.17, 15) is 0 Å². The molecule has 18 heavy (non-hydrogen) atoms. The number of nitrogens with zero attached hydrogens (tertiary/aromatic N) is 2. The molecule has 1 aromatic heterocycles. The molecular weight excluding hydrogens is 232 g/mol. The van der Waals surface area contributed by atoms with Crippen LogP contribution in [0.1, 0.15) is 37.4 Å². The second-order valence-electron chi connectivity index (χ2n) is 5.32. The highest BCUT2D eigenvalue weighted by molar-refractivity contribution is 5.03. The highest BCUT2D eigenvalue weighted by Gasteiger charge is 2.41. The topological polar surface area (TPSA) is 86.1 Å². The Morgan fingerprint density at radius 2 is 2.22 bits per heavy atom. The van der Waals surface area contributed by atoms with Crippen molar-refractivity contribution < 1.29 is 9.47 Å². The first-order chi connectivity index (χ1) is 8.79. The Bertz CT molecular complexity index is 370.